The summed E-state index contributed by atoms with van der Waals surface area (Å²) >= 11 is 0. The molecular weight excluding hydrogens is 220 g/mol. The van der Waals surface area contributed by atoms with Crippen molar-refractivity contribution < 1.29 is 14.6 Å². The molecular formula is C12H18N2O3. The molecule has 0 radical (unpaired) electrons. The number of rotatable bonds is 3. The number of carboxylic acids is 1. The standard InChI is InChI=1S/C12H18N2O3/c1-8(2)14-11(3-5-13-14)10-7-17-6-4-9(10)12(15)16/h3,5,8-10H,4,6-7H2,1-2H3,(H,15,16). The SMILES string of the molecule is CC(C)n1nccc1C1COCCC1C(=O)O. The quantitative estimate of drug-likeness (QED) is 0.870. The molecule has 2 rings (SSSR count). The predicted molar refractivity (Wildman–Crippen MR) is 61.9 cm³/mol. The molecule has 17 heavy (non-hydrogen) atoms. The van der Waals surface area contributed by atoms with E-state index in [9.17, 15) is 9.90 Å². The molecule has 0 saturated carbocycles. The van der Waals surface area contributed by atoms with Crippen LogP contribution in [-0.4, -0.2) is 34.1 Å². The Hall–Kier alpha value is -1.36. The maximum Gasteiger partial charge on any atom is 0.307 e. The summed E-state index contributed by atoms with van der Waals surface area (Å²) in [5.74, 6) is -1.20. The minimum absolute atomic E-state index is 0.0915. The second-order valence-corrected chi connectivity index (χ2v) is 4.71. The molecule has 1 aromatic rings. The monoisotopic (exact) mass is 238 g/mol. The van der Waals surface area contributed by atoms with E-state index in [4.69, 9.17) is 4.74 Å². The van der Waals surface area contributed by atoms with Gasteiger partial charge in [-0.25, -0.2) is 0 Å². The summed E-state index contributed by atoms with van der Waals surface area (Å²) in [5.41, 5.74) is 0.965. The average molecular weight is 238 g/mol. The highest BCUT2D eigenvalue weighted by Crippen LogP contribution is 2.32. The maximum atomic E-state index is 11.3. The number of hydrogen-bond acceptors (Lipinski definition) is 3. The topological polar surface area (TPSA) is 64.4 Å². The molecule has 0 amide bonds. The van der Waals surface area contributed by atoms with Gasteiger partial charge in [-0.05, 0) is 26.3 Å². The van der Waals surface area contributed by atoms with Crippen LogP contribution in [0.15, 0.2) is 12.3 Å². The van der Waals surface area contributed by atoms with E-state index in [-0.39, 0.29) is 17.9 Å². The summed E-state index contributed by atoms with van der Waals surface area (Å²) in [6.45, 7) is 5.07. The van der Waals surface area contributed by atoms with Crippen molar-refractivity contribution in [1.29, 1.82) is 0 Å². The lowest BCUT2D eigenvalue weighted by molar-refractivity contribution is -0.146. The minimum atomic E-state index is -0.741. The fourth-order valence-electron chi connectivity index (χ4n) is 2.37. The van der Waals surface area contributed by atoms with Crippen molar-refractivity contribution in [3.8, 4) is 0 Å². The van der Waals surface area contributed by atoms with Crippen molar-refractivity contribution in [3.05, 3.63) is 18.0 Å². The molecule has 0 aromatic carbocycles. The lowest BCUT2D eigenvalue weighted by atomic mass is 9.86. The van der Waals surface area contributed by atoms with Gasteiger partial charge in [0.15, 0.2) is 0 Å². The summed E-state index contributed by atoms with van der Waals surface area (Å²) in [7, 11) is 0. The van der Waals surface area contributed by atoms with E-state index in [0.717, 1.165) is 5.69 Å². The van der Waals surface area contributed by atoms with Crippen molar-refractivity contribution in [3.63, 3.8) is 0 Å². The Morgan fingerprint density at radius 1 is 1.65 bits per heavy atom. The number of aliphatic carboxylic acids is 1. The number of carbonyl (C=O) groups is 1. The van der Waals surface area contributed by atoms with Crippen LogP contribution in [0.1, 0.15) is 37.9 Å². The van der Waals surface area contributed by atoms with Crippen molar-refractivity contribution in [2.75, 3.05) is 13.2 Å². The van der Waals surface area contributed by atoms with Gasteiger partial charge in [0, 0.05) is 30.5 Å². The van der Waals surface area contributed by atoms with Crippen LogP contribution < -0.4 is 0 Å². The van der Waals surface area contributed by atoms with E-state index < -0.39 is 5.97 Å². The first-order chi connectivity index (χ1) is 8.11. The first kappa shape index (κ1) is 12.1. The van der Waals surface area contributed by atoms with Crippen LogP contribution in [0.2, 0.25) is 0 Å². The molecule has 94 valence electrons. The van der Waals surface area contributed by atoms with Gasteiger partial charge in [-0.1, -0.05) is 0 Å². The Labute approximate surface area is 100 Å². The lowest BCUT2D eigenvalue weighted by Gasteiger charge is -2.29. The van der Waals surface area contributed by atoms with Crippen LogP contribution in [0, 0.1) is 5.92 Å². The van der Waals surface area contributed by atoms with Crippen molar-refractivity contribution in [2.45, 2.75) is 32.2 Å². The third kappa shape index (κ3) is 2.34. The largest absolute Gasteiger partial charge is 0.481 e. The lowest BCUT2D eigenvalue weighted by Crippen LogP contribution is -2.33. The van der Waals surface area contributed by atoms with Crippen LogP contribution in [0.4, 0.5) is 0 Å². The number of ether oxygens (including phenoxy) is 1. The molecule has 5 nitrogen and oxygen atoms in total. The Morgan fingerprint density at radius 2 is 2.41 bits per heavy atom. The van der Waals surface area contributed by atoms with E-state index >= 15 is 0 Å². The summed E-state index contributed by atoms with van der Waals surface area (Å²) in [6.07, 6.45) is 2.30. The van der Waals surface area contributed by atoms with Gasteiger partial charge in [-0.15, -0.1) is 0 Å². The smallest absolute Gasteiger partial charge is 0.307 e. The number of carboxylic acid groups (broad SMARTS) is 1. The molecule has 1 N–H and O–H groups in total. The molecule has 2 heterocycles. The second-order valence-electron chi connectivity index (χ2n) is 4.71. The molecule has 1 fully saturated rings. The van der Waals surface area contributed by atoms with Crippen LogP contribution in [0.25, 0.3) is 0 Å². The van der Waals surface area contributed by atoms with Gasteiger partial charge in [0.2, 0.25) is 0 Å². The zero-order chi connectivity index (χ0) is 12.4. The van der Waals surface area contributed by atoms with Crippen LogP contribution >= 0.6 is 0 Å². The molecule has 1 aliphatic rings. The van der Waals surface area contributed by atoms with E-state index in [1.165, 1.54) is 0 Å². The van der Waals surface area contributed by atoms with E-state index in [1.54, 1.807) is 6.20 Å². The summed E-state index contributed by atoms with van der Waals surface area (Å²) in [6, 6.07) is 2.13. The third-order valence-electron chi connectivity index (χ3n) is 3.24. The molecule has 1 aliphatic heterocycles. The van der Waals surface area contributed by atoms with Gasteiger partial charge in [0.1, 0.15) is 0 Å². The first-order valence-electron chi connectivity index (χ1n) is 5.95. The number of nitrogens with zero attached hydrogens (tertiary/aromatic N) is 2. The van der Waals surface area contributed by atoms with Crippen molar-refractivity contribution in [1.82, 2.24) is 9.78 Å². The summed E-state index contributed by atoms with van der Waals surface area (Å²) in [5, 5.41) is 13.5. The molecule has 2 atom stereocenters. The highest BCUT2D eigenvalue weighted by molar-refractivity contribution is 5.71. The van der Waals surface area contributed by atoms with Gasteiger partial charge in [-0.3, -0.25) is 9.48 Å². The van der Waals surface area contributed by atoms with E-state index in [2.05, 4.69) is 5.10 Å². The molecule has 2 unspecified atom stereocenters. The van der Waals surface area contributed by atoms with Gasteiger partial charge < -0.3 is 9.84 Å². The summed E-state index contributed by atoms with van der Waals surface area (Å²) < 4.78 is 7.30. The van der Waals surface area contributed by atoms with E-state index in [1.807, 2.05) is 24.6 Å². The fraction of sp³-hybridized carbons (Fsp3) is 0.667. The Kier molecular flexibility index (Phi) is 3.47. The number of aromatic nitrogens is 2. The highest BCUT2D eigenvalue weighted by Gasteiger charge is 2.34. The minimum Gasteiger partial charge on any atom is -0.481 e. The summed E-state index contributed by atoms with van der Waals surface area (Å²) in [4.78, 5) is 11.3. The first-order valence-corrected chi connectivity index (χ1v) is 5.95. The Morgan fingerprint density at radius 3 is 3.06 bits per heavy atom. The molecule has 1 saturated heterocycles. The third-order valence-corrected chi connectivity index (χ3v) is 3.24. The molecule has 0 spiro atoms. The van der Waals surface area contributed by atoms with Crippen molar-refractivity contribution >= 4 is 5.97 Å². The maximum absolute atomic E-state index is 11.3. The van der Waals surface area contributed by atoms with Crippen LogP contribution in [0.5, 0.6) is 0 Å². The highest BCUT2D eigenvalue weighted by atomic mass is 16.5. The molecule has 0 bridgehead atoms. The zero-order valence-electron chi connectivity index (χ0n) is 10.2. The van der Waals surface area contributed by atoms with Gasteiger partial charge >= 0.3 is 5.97 Å². The fourth-order valence-corrected chi connectivity index (χ4v) is 2.37. The van der Waals surface area contributed by atoms with Crippen LogP contribution in [0.3, 0.4) is 0 Å². The number of hydrogen-bond donors (Lipinski definition) is 1. The van der Waals surface area contributed by atoms with Crippen molar-refractivity contribution in [2.24, 2.45) is 5.92 Å². The molecule has 0 aliphatic carbocycles. The molecule has 5 heteroatoms. The van der Waals surface area contributed by atoms with Gasteiger partial charge in [0.05, 0.1) is 12.5 Å². The van der Waals surface area contributed by atoms with Gasteiger partial charge in [-0.2, -0.15) is 5.10 Å². The van der Waals surface area contributed by atoms with E-state index in [0.29, 0.717) is 19.6 Å². The second kappa shape index (κ2) is 4.87. The van der Waals surface area contributed by atoms with Crippen LogP contribution in [-0.2, 0) is 9.53 Å². The van der Waals surface area contributed by atoms with Gasteiger partial charge in [0.25, 0.3) is 0 Å². The average Bonchev–Trinajstić information content (AvgIpc) is 2.77. The zero-order valence-corrected chi connectivity index (χ0v) is 10.2. The Bertz CT molecular complexity index is 400. The normalized spacial score (nSPS) is 25.1. The Balaban J connectivity index is 2.29. The molecule has 1 aromatic heterocycles. The predicted octanol–water partition coefficient (Wildman–Crippen LogP) is 1.67.